The number of likely N-dealkylation sites (N-methyl/N-ethyl adjacent to an activating group) is 1. The summed E-state index contributed by atoms with van der Waals surface area (Å²) in [5.41, 5.74) is 4.79. The molecule has 6 nitrogen and oxygen atoms in total. The number of hydrogen-bond acceptors (Lipinski definition) is 4. The average molecular weight is 327 g/mol. The second-order valence-corrected chi connectivity index (χ2v) is 6.43. The van der Waals surface area contributed by atoms with Gasteiger partial charge in [-0.15, -0.1) is 5.10 Å². The number of fused-ring (bicyclic) bond motifs is 3. The molecular weight excluding hydrogens is 300 g/mol. The Labute approximate surface area is 142 Å². The van der Waals surface area contributed by atoms with Crippen LogP contribution in [-0.2, 0) is 0 Å². The minimum absolute atomic E-state index is 0.767. The highest BCUT2D eigenvalue weighted by atomic mass is 15.3. The van der Waals surface area contributed by atoms with Crippen molar-refractivity contribution in [3.05, 3.63) is 29.1 Å². The summed E-state index contributed by atoms with van der Waals surface area (Å²) in [4.78, 5) is 10.9. The molecule has 0 atom stereocenters. The Bertz CT molecular complexity index is 863. The Morgan fingerprint density at radius 3 is 2.46 bits per heavy atom. The highest BCUT2D eigenvalue weighted by molar-refractivity contribution is 5.93. The summed E-state index contributed by atoms with van der Waals surface area (Å²) < 4.78 is 1.90. The minimum atomic E-state index is 0.767. The summed E-state index contributed by atoms with van der Waals surface area (Å²) in [5.74, 6) is 0.985. The van der Waals surface area contributed by atoms with E-state index in [1.807, 2.05) is 18.4 Å². The predicted octanol–water partition coefficient (Wildman–Crippen LogP) is 1.54. The maximum Gasteiger partial charge on any atom is 0.184 e. The number of anilines is 1. The van der Waals surface area contributed by atoms with Gasteiger partial charge in [0.1, 0.15) is 5.82 Å². The number of aromatic nitrogens is 4. The molecule has 3 aromatic heterocycles. The third-order valence-corrected chi connectivity index (χ3v) is 4.59. The molecule has 128 valence electrons. The number of rotatable bonds is 6. The van der Waals surface area contributed by atoms with Gasteiger partial charge in [0.2, 0.25) is 0 Å². The summed E-state index contributed by atoms with van der Waals surface area (Å²) in [6, 6.07) is 4.14. The minimum Gasteiger partial charge on any atom is -0.364 e. The number of quaternary nitrogens is 1. The van der Waals surface area contributed by atoms with Crippen molar-refractivity contribution in [2.45, 2.75) is 34.6 Å². The lowest BCUT2D eigenvalue weighted by molar-refractivity contribution is -0.894. The van der Waals surface area contributed by atoms with Crippen LogP contribution in [-0.4, -0.2) is 45.8 Å². The van der Waals surface area contributed by atoms with E-state index >= 15 is 0 Å². The third kappa shape index (κ3) is 3.06. The van der Waals surface area contributed by atoms with Crippen LogP contribution < -0.4 is 10.2 Å². The van der Waals surface area contributed by atoms with E-state index in [1.54, 1.807) is 4.90 Å². The number of pyridine rings is 1. The second-order valence-electron chi connectivity index (χ2n) is 6.43. The molecule has 0 amide bonds. The van der Waals surface area contributed by atoms with Crippen molar-refractivity contribution in [2.75, 3.05) is 31.5 Å². The maximum absolute atomic E-state index is 4.71. The Morgan fingerprint density at radius 2 is 1.75 bits per heavy atom. The SMILES string of the molecule is CC[NH+](CC)CCNc1cc(C)nc2c3c(C)cc(C)nc3nn12. The van der Waals surface area contributed by atoms with E-state index in [-0.39, 0.29) is 0 Å². The highest BCUT2D eigenvalue weighted by Gasteiger charge is 2.14. The quantitative estimate of drug-likeness (QED) is 0.721. The molecule has 0 saturated carbocycles. The largest absolute Gasteiger partial charge is 0.364 e. The van der Waals surface area contributed by atoms with E-state index in [4.69, 9.17) is 4.98 Å². The normalized spacial score (nSPS) is 11.8. The van der Waals surface area contributed by atoms with Gasteiger partial charge in [0.25, 0.3) is 0 Å². The van der Waals surface area contributed by atoms with Crippen molar-refractivity contribution in [1.29, 1.82) is 0 Å². The highest BCUT2D eigenvalue weighted by Crippen LogP contribution is 2.24. The first-order valence-electron chi connectivity index (χ1n) is 8.75. The molecule has 6 heteroatoms. The van der Waals surface area contributed by atoms with Crippen LogP contribution in [0.4, 0.5) is 5.82 Å². The molecular formula is C18H27N6+. The first-order chi connectivity index (χ1) is 11.5. The van der Waals surface area contributed by atoms with Crippen molar-refractivity contribution in [3.8, 4) is 0 Å². The van der Waals surface area contributed by atoms with E-state index in [0.717, 1.165) is 60.1 Å². The lowest BCUT2D eigenvalue weighted by atomic mass is 10.2. The molecule has 2 N–H and O–H groups in total. The fraction of sp³-hybridized carbons (Fsp3) is 0.500. The van der Waals surface area contributed by atoms with E-state index in [2.05, 4.69) is 48.3 Å². The Morgan fingerprint density at radius 1 is 1.04 bits per heavy atom. The maximum atomic E-state index is 4.71. The molecule has 0 saturated heterocycles. The van der Waals surface area contributed by atoms with Crippen LogP contribution in [0.1, 0.15) is 30.8 Å². The molecule has 0 radical (unpaired) electrons. The zero-order chi connectivity index (χ0) is 17.3. The van der Waals surface area contributed by atoms with Gasteiger partial charge in [0.05, 0.1) is 31.6 Å². The Hall–Kier alpha value is -2.21. The standard InChI is InChI=1S/C18H26N6/c1-6-23(7-2)9-8-19-15-11-14(5)21-18-16-12(3)10-13(4)20-17(16)22-24(15)18/h10-11,19H,6-9H2,1-5H3/p+1. The summed E-state index contributed by atoms with van der Waals surface area (Å²) in [6.45, 7) is 14.9. The van der Waals surface area contributed by atoms with E-state index in [1.165, 1.54) is 5.56 Å². The zero-order valence-electron chi connectivity index (χ0n) is 15.3. The van der Waals surface area contributed by atoms with Crippen molar-refractivity contribution in [2.24, 2.45) is 0 Å². The molecule has 24 heavy (non-hydrogen) atoms. The van der Waals surface area contributed by atoms with Gasteiger partial charge in [-0.1, -0.05) is 0 Å². The molecule has 3 aromatic rings. The lowest BCUT2D eigenvalue weighted by Gasteiger charge is -2.16. The van der Waals surface area contributed by atoms with Gasteiger partial charge in [-0.2, -0.15) is 4.52 Å². The summed E-state index contributed by atoms with van der Waals surface area (Å²) >= 11 is 0. The molecule has 3 heterocycles. The van der Waals surface area contributed by atoms with E-state index in [0.29, 0.717) is 0 Å². The molecule has 0 aliphatic heterocycles. The molecule has 0 spiro atoms. The van der Waals surface area contributed by atoms with Gasteiger partial charge >= 0.3 is 0 Å². The smallest absolute Gasteiger partial charge is 0.184 e. The Balaban J connectivity index is 2.00. The van der Waals surface area contributed by atoms with Gasteiger partial charge in [0, 0.05) is 17.5 Å². The van der Waals surface area contributed by atoms with Gasteiger partial charge < -0.3 is 10.2 Å². The van der Waals surface area contributed by atoms with Crippen LogP contribution in [0, 0.1) is 20.8 Å². The predicted molar refractivity (Wildman–Crippen MR) is 97.9 cm³/mol. The molecule has 3 rings (SSSR count). The van der Waals surface area contributed by atoms with Gasteiger partial charge in [-0.05, 0) is 46.2 Å². The number of hydrogen-bond donors (Lipinski definition) is 2. The number of nitrogens with zero attached hydrogens (tertiary/aromatic N) is 4. The first-order valence-corrected chi connectivity index (χ1v) is 8.75. The third-order valence-electron chi connectivity index (χ3n) is 4.59. The molecule has 0 aliphatic rings. The number of nitrogens with one attached hydrogen (secondary N) is 2. The van der Waals surface area contributed by atoms with Crippen molar-refractivity contribution >= 4 is 22.5 Å². The molecule has 0 aliphatic carbocycles. The molecule has 0 unspecified atom stereocenters. The van der Waals surface area contributed by atoms with Crippen LogP contribution in [0.2, 0.25) is 0 Å². The van der Waals surface area contributed by atoms with Gasteiger partial charge in [0.15, 0.2) is 11.3 Å². The van der Waals surface area contributed by atoms with Crippen LogP contribution in [0.15, 0.2) is 12.1 Å². The van der Waals surface area contributed by atoms with Crippen LogP contribution in [0.5, 0.6) is 0 Å². The van der Waals surface area contributed by atoms with E-state index < -0.39 is 0 Å². The molecule has 0 bridgehead atoms. The Kier molecular flexibility index (Phi) is 4.66. The fourth-order valence-electron chi connectivity index (χ4n) is 3.24. The first kappa shape index (κ1) is 16.6. The van der Waals surface area contributed by atoms with Crippen molar-refractivity contribution in [3.63, 3.8) is 0 Å². The summed E-state index contributed by atoms with van der Waals surface area (Å²) in [6.07, 6.45) is 0. The fourth-order valence-corrected chi connectivity index (χ4v) is 3.24. The van der Waals surface area contributed by atoms with E-state index in [9.17, 15) is 0 Å². The topological polar surface area (TPSA) is 59.5 Å². The number of aryl methyl sites for hydroxylation is 3. The lowest BCUT2D eigenvalue weighted by Crippen LogP contribution is -3.12. The monoisotopic (exact) mass is 327 g/mol. The van der Waals surface area contributed by atoms with Crippen molar-refractivity contribution < 1.29 is 4.90 Å². The van der Waals surface area contributed by atoms with Crippen LogP contribution in [0.25, 0.3) is 16.7 Å². The van der Waals surface area contributed by atoms with Gasteiger partial charge in [-0.25, -0.2) is 9.97 Å². The van der Waals surface area contributed by atoms with Crippen molar-refractivity contribution in [1.82, 2.24) is 19.6 Å². The zero-order valence-corrected chi connectivity index (χ0v) is 15.3. The molecule has 0 aromatic carbocycles. The van der Waals surface area contributed by atoms with Gasteiger partial charge in [-0.3, -0.25) is 0 Å². The van der Waals surface area contributed by atoms with Crippen LogP contribution >= 0.6 is 0 Å². The molecule has 0 fully saturated rings. The average Bonchev–Trinajstić information content (AvgIpc) is 2.89. The summed E-state index contributed by atoms with van der Waals surface area (Å²) in [5, 5.41) is 9.27. The second kappa shape index (κ2) is 6.73. The van der Waals surface area contributed by atoms with Crippen LogP contribution in [0.3, 0.4) is 0 Å². The summed E-state index contributed by atoms with van der Waals surface area (Å²) in [7, 11) is 0.